The maximum Gasteiger partial charge on any atom is -0.0417 e. The molecule has 0 saturated carbocycles. The lowest BCUT2D eigenvalue weighted by molar-refractivity contribution is 0.408. The molecular formula is C14H29. The summed E-state index contributed by atoms with van der Waals surface area (Å²) in [5, 5.41) is 0. The molecule has 0 rings (SSSR count). The van der Waals surface area contributed by atoms with Gasteiger partial charge in [0.2, 0.25) is 0 Å². The van der Waals surface area contributed by atoms with Gasteiger partial charge >= 0.3 is 0 Å². The number of unbranched alkanes of at least 4 members (excludes halogenated alkanes) is 5. The molecule has 0 aliphatic carbocycles. The van der Waals surface area contributed by atoms with E-state index in [4.69, 9.17) is 0 Å². The fourth-order valence-electron chi connectivity index (χ4n) is 2.10. The lowest BCUT2D eigenvalue weighted by Crippen LogP contribution is -1.97. The van der Waals surface area contributed by atoms with E-state index in [2.05, 4.69) is 20.8 Å². The normalized spacial score (nSPS) is 13.1. The second-order valence-corrected chi connectivity index (χ2v) is 4.47. The van der Waals surface area contributed by atoms with Gasteiger partial charge in [0.1, 0.15) is 0 Å². The molecule has 0 aromatic carbocycles. The van der Waals surface area contributed by atoms with Crippen molar-refractivity contribution in [3.05, 3.63) is 6.92 Å². The summed E-state index contributed by atoms with van der Waals surface area (Å²) in [6.07, 6.45) is 13.8. The monoisotopic (exact) mass is 197 g/mol. The third-order valence-electron chi connectivity index (χ3n) is 3.14. The minimum absolute atomic E-state index is 1.01. The Hall–Kier alpha value is 0. The van der Waals surface area contributed by atoms with Crippen LogP contribution in [0.15, 0.2) is 0 Å². The summed E-state index contributed by atoms with van der Waals surface area (Å²) in [6.45, 7) is 8.51. The van der Waals surface area contributed by atoms with Gasteiger partial charge < -0.3 is 0 Å². The summed E-state index contributed by atoms with van der Waals surface area (Å²) in [6, 6.07) is 0. The topological polar surface area (TPSA) is 0 Å². The molecule has 85 valence electrons. The van der Waals surface area contributed by atoms with E-state index in [-0.39, 0.29) is 0 Å². The van der Waals surface area contributed by atoms with E-state index >= 15 is 0 Å². The lowest BCUT2D eigenvalue weighted by atomic mass is 9.94. The Kier molecular flexibility index (Phi) is 11.1. The molecule has 0 amide bonds. The maximum absolute atomic E-state index is 3.87. The zero-order valence-corrected chi connectivity index (χ0v) is 10.4. The summed E-state index contributed by atoms with van der Waals surface area (Å²) in [5.74, 6) is 1.01. The van der Waals surface area contributed by atoms with Crippen LogP contribution in [0.3, 0.4) is 0 Å². The van der Waals surface area contributed by atoms with E-state index < -0.39 is 0 Å². The molecule has 0 nitrogen and oxygen atoms in total. The van der Waals surface area contributed by atoms with Crippen LogP contribution in [0.4, 0.5) is 0 Å². The van der Waals surface area contributed by atoms with E-state index in [0.29, 0.717) is 0 Å². The van der Waals surface area contributed by atoms with Crippen molar-refractivity contribution in [2.24, 2.45) is 5.92 Å². The van der Waals surface area contributed by atoms with Crippen LogP contribution < -0.4 is 0 Å². The van der Waals surface area contributed by atoms with E-state index in [1.807, 2.05) is 0 Å². The number of rotatable bonds is 10. The van der Waals surface area contributed by atoms with Crippen LogP contribution in [0, 0.1) is 12.8 Å². The van der Waals surface area contributed by atoms with Crippen molar-refractivity contribution < 1.29 is 0 Å². The van der Waals surface area contributed by atoms with E-state index in [1.54, 1.807) is 0 Å². The van der Waals surface area contributed by atoms with Crippen LogP contribution in [0.25, 0.3) is 0 Å². The molecule has 0 heterocycles. The Bertz CT molecular complexity index is 96.2. The fourth-order valence-corrected chi connectivity index (χ4v) is 2.10. The van der Waals surface area contributed by atoms with Crippen LogP contribution in [0.2, 0.25) is 0 Å². The first-order chi connectivity index (χ1) is 6.85. The van der Waals surface area contributed by atoms with Crippen LogP contribution >= 0.6 is 0 Å². The average molecular weight is 197 g/mol. The average Bonchev–Trinajstić information content (AvgIpc) is 2.21. The van der Waals surface area contributed by atoms with Gasteiger partial charge in [0.15, 0.2) is 0 Å². The van der Waals surface area contributed by atoms with Crippen LogP contribution in [0.1, 0.15) is 78.1 Å². The standard InChI is InChI=1S/C14H29/c1-4-7-8-9-10-11-13-14(6-3)12-5-2/h14H,1,4-13H2,2-3H3. The molecule has 0 fully saturated rings. The zero-order chi connectivity index (χ0) is 10.6. The second-order valence-electron chi connectivity index (χ2n) is 4.47. The third-order valence-corrected chi connectivity index (χ3v) is 3.14. The molecule has 0 aliphatic rings. The smallest absolute Gasteiger partial charge is 0.0417 e. The molecule has 14 heavy (non-hydrogen) atoms. The van der Waals surface area contributed by atoms with Gasteiger partial charge in [0, 0.05) is 0 Å². The molecule has 0 saturated heterocycles. The summed E-state index contributed by atoms with van der Waals surface area (Å²) < 4.78 is 0. The molecule has 0 bridgehead atoms. The quantitative estimate of drug-likeness (QED) is 0.413. The fraction of sp³-hybridized carbons (Fsp3) is 0.929. The Morgan fingerprint density at radius 2 is 1.50 bits per heavy atom. The summed E-state index contributed by atoms with van der Waals surface area (Å²) in [5.41, 5.74) is 0. The minimum Gasteiger partial charge on any atom is -0.0654 e. The molecule has 1 unspecified atom stereocenters. The molecule has 0 aliphatic heterocycles. The molecule has 0 aromatic heterocycles. The third kappa shape index (κ3) is 8.59. The Morgan fingerprint density at radius 1 is 0.857 bits per heavy atom. The van der Waals surface area contributed by atoms with Gasteiger partial charge in [-0.15, -0.1) is 0 Å². The van der Waals surface area contributed by atoms with E-state index in [1.165, 1.54) is 57.8 Å². The van der Waals surface area contributed by atoms with Crippen LogP contribution in [-0.4, -0.2) is 0 Å². The number of hydrogen-bond donors (Lipinski definition) is 0. The summed E-state index contributed by atoms with van der Waals surface area (Å²) in [4.78, 5) is 0. The SMILES string of the molecule is [CH2]CCCCCCCC(CC)CCC. The Labute approximate surface area is 91.5 Å². The highest BCUT2D eigenvalue weighted by atomic mass is 14.1. The summed E-state index contributed by atoms with van der Waals surface area (Å²) >= 11 is 0. The first kappa shape index (κ1) is 14.0. The largest absolute Gasteiger partial charge is 0.0654 e. The van der Waals surface area contributed by atoms with Crippen molar-refractivity contribution >= 4 is 0 Å². The van der Waals surface area contributed by atoms with E-state index in [0.717, 1.165) is 12.3 Å². The first-order valence-corrected chi connectivity index (χ1v) is 6.64. The van der Waals surface area contributed by atoms with Gasteiger partial charge in [-0.05, 0) is 5.92 Å². The van der Waals surface area contributed by atoms with Gasteiger partial charge in [-0.3, -0.25) is 0 Å². The van der Waals surface area contributed by atoms with Gasteiger partial charge in [-0.25, -0.2) is 0 Å². The highest BCUT2D eigenvalue weighted by Gasteiger charge is 2.03. The molecule has 1 atom stereocenters. The molecule has 1 radical (unpaired) electrons. The van der Waals surface area contributed by atoms with Crippen LogP contribution in [0.5, 0.6) is 0 Å². The van der Waals surface area contributed by atoms with Crippen molar-refractivity contribution in [3.63, 3.8) is 0 Å². The van der Waals surface area contributed by atoms with Gasteiger partial charge in [0.05, 0.1) is 0 Å². The summed E-state index contributed by atoms with van der Waals surface area (Å²) in [7, 11) is 0. The molecule has 0 N–H and O–H groups in total. The van der Waals surface area contributed by atoms with Crippen molar-refractivity contribution in [3.8, 4) is 0 Å². The van der Waals surface area contributed by atoms with Gasteiger partial charge in [-0.2, -0.15) is 0 Å². The van der Waals surface area contributed by atoms with E-state index in [9.17, 15) is 0 Å². The zero-order valence-electron chi connectivity index (χ0n) is 10.4. The minimum atomic E-state index is 1.01. The van der Waals surface area contributed by atoms with Gasteiger partial charge in [-0.1, -0.05) is 85.0 Å². The lowest BCUT2D eigenvalue weighted by Gasteiger charge is -2.12. The maximum atomic E-state index is 3.87. The number of hydrogen-bond acceptors (Lipinski definition) is 0. The Morgan fingerprint density at radius 3 is 2.07 bits per heavy atom. The molecule has 0 heteroatoms. The highest BCUT2D eigenvalue weighted by molar-refractivity contribution is 4.57. The first-order valence-electron chi connectivity index (χ1n) is 6.64. The second kappa shape index (κ2) is 11.1. The Balaban J connectivity index is 3.15. The van der Waals surface area contributed by atoms with Crippen molar-refractivity contribution in [1.82, 2.24) is 0 Å². The molecular weight excluding hydrogens is 168 g/mol. The van der Waals surface area contributed by atoms with Crippen LogP contribution in [-0.2, 0) is 0 Å². The predicted molar refractivity (Wildman–Crippen MR) is 66.4 cm³/mol. The van der Waals surface area contributed by atoms with Crippen molar-refractivity contribution in [2.75, 3.05) is 0 Å². The molecule has 0 aromatic rings. The highest BCUT2D eigenvalue weighted by Crippen LogP contribution is 2.19. The van der Waals surface area contributed by atoms with Crippen molar-refractivity contribution in [2.45, 2.75) is 78.1 Å². The van der Waals surface area contributed by atoms with Crippen molar-refractivity contribution in [1.29, 1.82) is 0 Å². The predicted octanol–water partition coefficient (Wildman–Crippen LogP) is 5.38. The molecule has 0 spiro atoms. The van der Waals surface area contributed by atoms with Gasteiger partial charge in [0.25, 0.3) is 0 Å².